The van der Waals surface area contributed by atoms with Crippen LogP contribution < -0.4 is 19.5 Å². The smallest absolute Gasteiger partial charge is 0.411 e. The number of Topliss-reactive ketones (excluding diaryl/α,β-unsaturated/α-hetero) is 1. The molecule has 0 spiro atoms. The maximum Gasteiger partial charge on any atom is 0.411 e. The number of rotatable bonds is 12. The number of aryl methyl sites for hydroxylation is 1. The van der Waals surface area contributed by atoms with Crippen molar-refractivity contribution in [1.29, 1.82) is 0 Å². The zero-order valence-corrected chi connectivity index (χ0v) is 31.1. The van der Waals surface area contributed by atoms with E-state index in [1.807, 2.05) is 0 Å². The number of carbonyl (C=O) groups excluding carboxylic acids is 2. The number of halogens is 7. The number of ketones is 1. The maximum atomic E-state index is 14.0. The lowest BCUT2D eigenvalue weighted by Gasteiger charge is -2.28. The first-order valence-corrected chi connectivity index (χ1v) is 18.6. The van der Waals surface area contributed by atoms with Gasteiger partial charge in [-0.25, -0.2) is 8.42 Å². The highest BCUT2D eigenvalue weighted by Crippen LogP contribution is 2.55. The van der Waals surface area contributed by atoms with E-state index in [2.05, 4.69) is 31.0 Å². The van der Waals surface area contributed by atoms with E-state index in [1.54, 1.807) is 25.1 Å². The van der Waals surface area contributed by atoms with Gasteiger partial charge in [0.15, 0.2) is 5.78 Å². The number of fused-ring (bicyclic) bond motifs is 2. The molecule has 2 heterocycles. The van der Waals surface area contributed by atoms with Crippen LogP contribution in [0.4, 0.5) is 26.3 Å². The zero-order valence-electron chi connectivity index (χ0n) is 28.7. The number of aromatic nitrogens is 1. The van der Waals surface area contributed by atoms with Crippen molar-refractivity contribution >= 4 is 43.2 Å². The van der Waals surface area contributed by atoms with E-state index < -0.39 is 76.8 Å². The van der Waals surface area contributed by atoms with Gasteiger partial charge < -0.3 is 18.9 Å². The first kappa shape index (κ1) is 39.6. The number of amides is 1. The van der Waals surface area contributed by atoms with Gasteiger partial charge in [-0.1, -0.05) is 24.3 Å². The number of carbonyl (C=O) groups is 2. The molecular formula is C35H32BrF6N3O8S. The van der Waals surface area contributed by atoms with Crippen molar-refractivity contribution in [2.45, 2.75) is 61.7 Å². The summed E-state index contributed by atoms with van der Waals surface area (Å²) < 4.78 is 130. The molecule has 3 aromatic rings. The number of methoxy groups -OCH3 is 2. The first-order chi connectivity index (χ1) is 25.3. The second-order valence-electron chi connectivity index (χ2n) is 13.0. The summed E-state index contributed by atoms with van der Waals surface area (Å²) in [4.78, 5) is 31.8. The summed E-state index contributed by atoms with van der Waals surface area (Å²) in [6, 6.07) is 9.30. The number of nitrogens with one attached hydrogen (secondary N) is 2. The molecule has 2 aromatic carbocycles. The van der Waals surface area contributed by atoms with Crippen molar-refractivity contribution in [2.75, 3.05) is 27.4 Å². The molecule has 3 unspecified atom stereocenters. The Morgan fingerprint density at radius 2 is 1.59 bits per heavy atom. The Bertz CT molecular complexity index is 2120. The van der Waals surface area contributed by atoms with Crippen molar-refractivity contribution in [2.24, 2.45) is 0 Å². The van der Waals surface area contributed by atoms with Gasteiger partial charge in [-0.05, 0) is 70.6 Å². The van der Waals surface area contributed by atoms with E-state index in [4.69, 9.17) is 18.9 Å². The lowest BCUT2D eigenvalue weighted by molar-refractivity contribution is -0.187. The van der Waals surface area contributed by atoms with Crippen LogP contribution >= 0.6 is 15.9 Å². The van der Waals surface area contributed by atoms with Gasteiger partial charge in [-0.3, -0.25) is 24.6 Å². The molecule has 0 radical (unpaired) electrons. The number of hydrogen-bond donors (Lipinski definition) is 2. The van der Waals surface area contributed by atoms with Crippen LogP contribution in [0.3, 0.4) is 0 Å². The number of sulfonamides is 1. The number of pyridine rings is 1. The summed E-state index contributed by atoms with van der Waals surface area (Å²) >= 11 is 3.17. The highest BCUT2D eigenvalue weighted by Gasteiger charge is 2.55. The van der Waals surface area contributed by atoms with E-state index >= 15 is 0 Å². The molecule has 1 amide bonds. The molecule has 2 N–H and O–H groups in total. The van der Waals surface area contributed by atoms with Crippen molar-refractivity contribution in [3.63, 3.8) is 0 Å². The predicted octanol–water partition coefficient (Wildman–Crippen LogP) is 6.05. The number of alkyl halides is 6. The van der Waals surface area contributed by atoms with Gasteiger partial charge in [-0.2, -0.15) is 26.3 Å². The lowest BCUT2D eigenvalue weighted by Crippen LogP contribution is -2.39. The highest BCUT2D eigenvalue weighted by molar-refractivity contribution is 9.10. The van der Waals surface area contributed by atoms with Crippen LogP contribution in [0.15, 0.2) is 58.7 Å². The summed E-state index contributed by atoms with van der Waals surface area (Å²) in [7, 11) is -1.46. The standard InChI is InChI=1S/C35H32BrF6N3O8S/c1-17-11-18(14-54(48,49)45-32(47)33(9-10-33)26-22(50-2)5-4-6-23(26)51-3)7-8-20(17)28-24-25(31(44-28)53-16-35(40,41)42)27-21(12-19(36)13-43-27)30(29(24)46)52-15-34(37,38)39/h4-8,11-13,28,30-31,44H,9-10,14-16H2,1-3H3,(H,45,47). The number of ether oxygens (including phenoxy) is 4. The van der Waals surface area contributed by atoms with Crippen molar-refractivity contribution in [3.8, 4) is 11.5 Å². The normalized spacial score (nSPS) is 20.7. The van der Waals surface area contributed by atoms with E-state index in [-0.39, 0.29) is 38.0 Å². The Morgan fingerprint density at radius 3 is 2.17 bits per heavy atom. The summed E-state index contributed by atoms with van der Waals surface area (Å²) in [6.07, 6.45) is -11.0. The average Bonchev–Trinajstić information content (AvgIpc) is 3.80. The molecule has 19 heteroatoms. The highest BCUT2D eigenvalue weighted by atomic mass is 79.9. The number of hydrogen-bond acceptors (Lipinski definition) is 10. The van der Waals surface area contributed by atoms with E-state index in [9.17, 15) is 44.3 Å². The molecule has 0 bridgehead atoms. The zero-order chi connectivity index (χ0) is 39.4. The molecule has 1 aliphatic heterocycles. The van der Waals surface area contributed by atoms with Crippen molar-refractivity contribution < 1.29 is 63.3 Å². The van der Waals surface area contributed by atoms with Gasteiger partial charge in [0.25, 0.3) is 0 Å². The fourth-order valence-corrected chi connectivity index (χ4v) is 8.40. The molecule has 11 nitrogen and oxygen atoms in total. The van der Waals surface area contributed by atoms with Crippen LogP contribution in [0.1, 0.15) is 58.5 Å². The minimum atomic E-state index is -4.81. The van der Waals surface area contributed by atoms with Gasteiger partial charge in [0, 0.05) is 27.4 Å². The topological polar surface area (TPSA) is 142 Å². The third-order valence-corrected chi connectivity index (χ3v) is 10.9. The van der Waals surface area contributed by atoms with Gasteiger partial charge in [0.2, 0.25) is 15.9 Å². The molecule has 54 heavy (non-hydrogen) atoms. The van der Waals surface area contributed by atoms with Gasteiger partial charge in [0.1, 0.15) is 37.0 Å². The molecule has 290 valence electrons. The first-order valence-electron chi connectivity index (χ1n) is 16.2. The Kier molecular flexibility index (Phi) is 10.7. The summed E-state index contributed by atoms with van der Waals surface area (Å²) in [5, 5.41) is 2.85. The van der Waals surface area contributed by atoms with Crippen LogP contribution in [0.2, 0.25) is 0 Å². The van der Waals surface area contributed by atoms with Crippen LogP contribution in [-0.4, -0.2) is 71.1 Å². The van der Waals surface area contributed by atoms with Crippen LogP contribution in [0.5, 0.6) is 11.5 Å². The van der Waals surface area contributed by atoms with Crippen molar-refractivity contribution in [1.82, 2.24) is 15.0 Å². The average molecular weight is 849 g/mol. The molecular weight excluding hydrogens is 816 g/mol. The fourth-order valence-electron chi connectivity index (χ4n) is 6.89. The fraction of sp³-hybridized carbons (Fsp3) is 0.400. The largest absolute Gasteiger partial charge is 0.496 e. The number of nitrogens with zero attached hydrogens (tertiary/aromatic N) is 1. The second-order valence-corrected chi connectivity index (χ2v) is 15.6. The summed E-state index contributed by atoms with van der Waals surface area (Å²) in [5.41, 5.74) is -0.413. The van der Waals surface area contributed by atoms with E-state index in [0.29, 0.717) is 35.5 Å². The monoisotopic (exact) mass is 847 g/mol. The minimum absolute atomic E-state index is 0.0857. The van der Waals surface area contributed by atoms with Crippen LogP contribution in [0, 0.1) is 6.92 Å². The van der Waals surface area contributed by atoms with Crippen LogP contribution in [0.25, 0.3) is 5.57 Å². The van der Waals surface area contributed by atoms with Crippen molar-refractivity contribution in [3.05, 3.63) is 92.2 Å². The minimum Gasteiger partial charge on any atom is -0.496 e. The third-order valence-electron chi connectivity index (χ3n) is 9.25. The van der Waals surface area contributed by atoms with Gasteiger partial charge >= 0.3 is 12.4 Å². The Morgan fingerprint density at radius 1 is 0.963 bits per heavy atom. The van der Waals surface area contributed by atoms with Gasteiger partial charge in [-0.15, -0.1) is 0 Å². The molecule has 2 aliphatic carbocycles. The molecule has 3 aliphatic rings. The molecule has 6 rings (SSSR count). The summed E-state index contributed by atoms with van der Waals surface area (Å²) in [5.74, 6) is -1.65. The Labute approximate surface area is 313 Å². The molecule has 0 saturated heterocycles. The van der Waals surface area contributed by atoms with Gasteiger partial charge in [0.05, 0.1) is 42.7 Å². The Balaban J connectivity index is 1.30. The third kappa shape index (κ3) is 8.00. The maximum absolute atomic E-state index is 14.0. The quantitative estimate of drug-likeness (QED) is 0.207. The predicted molar refractivity (Wildman–Crippen MR) is 183 cm³/mol. The van der Waals surface area contributed by atoms with Crippen LogP contribution in [-0.2, 0) is 40.3 Å². The Hall–Kier alpha value is -4.04. The number of benzene rings is 2. The molecule has 3 atom stereocenters. The van der Waals surface area contributed by atoms with E-state index in [1.165, 1.54) is 44.7 Å². The molecule has 1 saturated carbocycles. The second kappa shape index (κ2) is 14.6. The lowest BCUT2D eigenvalue weighted by atomic mass is 9.82. The van der Waals surface area contributed by atoms with E-state index in [0.717, 1.165) is 0 Å². The molecule has 1 aromatic heterocycles. The SMILES string of the molecule is COc1cccc(OC)c1C1(C(=O)NS(=O)(=O)Cc2ccc(C3NC(OCC(F)(F)F)C4=C3C(=O)C(OCC(F)(F)F)c3cc(Br)cnc34)c(C)c2)CC1. The molecule has 1 fully saturated rings. The summed E-state index contributed by atoms with van der Waals surface area (Å²) in [6.45, 7) is -1.97.